The number of unbranched alkanes of at least 4 members (excludes halogenated alkanes) is 13. The van der Waals surface area contributed by atoms with Crippen molar-refractivity contribution in [2.45, 2.75) is 117 Å². The number of anilines is 1. The van der Waals surface area contributed by atoms with E-state index in [9.17, 15) is 9.59 Å². The number of hydrogen-bond acceptors (Lipinski definition) is 15. The van der Waals surface area contributed by atoms with Crippen LogP contribution in [-0.4, -0.2) is 164 Å². The topological polar surface area (TPSA) is 157 Å². The van der Waals surface area contributed by atoms with E-state index in [1.54, 1.807) is 12.1 Å². The molecule has 1 aromatic carbocycles. The normalized spacial score (nSPS) is 11.3. The van der Waals surface area contributed by atoms with E-state index in [1.165, 1.54) is 70.6 Å². The van der Waals surface area contributed by atoms with E-state index in [4.69, 9.17) is 56.8 Å². The Hall–Kier alpha value is -2.44. The van der Waals surface area contributed by atoms with Gasteiger partial charge in [-0.05, 0) is 37.1 Å². The molecule has 1 aromatic rings. The molecular weight excluding hydrogens is 827 g/mol. The highest BCUT2D eigenvalue weighted by atomic mass is 16.6. The molecule has 0 aromatic heterocycles. The standard InChI is InChI=1S/C49H89NO14/c1-3-5-7-8-9-10-11-12-13-14-15-16-17-18-48(51)63-44-42-61-40-38-59-36-34-57-32-30-55-28-26-53-24-25-54-27-29-56-31-33-58-35-37-60-39-41-62-43-45-64-49(52)46-19-21-47(22-20-46)50-23-6-4-2/h19-22,50H,3-18,23-45H2,1-2H3. The molecule has 374 valence electrons. The second-order valence-corrected chi connectivity index (χ2v) is 15.3. The summed E-state index contributed by atoms with van der Waals surface area (Å²) in [5, 5.41) is 3.32. The van der Waals surface area contributed by atoms with E-state index in [1.807, 2.05) is 12.1 Å². The number of rotatable bonds is 52. The minimum Gasteiger partial charge on any atom is -0.463 e. The van der Waals surface area contributed by atoms with E-state index in [2.05, 4.69) is 19.2 Å². The molecule has 0 saturated heterocycles. The second-order valence-electron chi connectivity index (χ2n) is 15.3. The molecule has 64 heavy (non-hydrogen) atoms. The number of carbonyl (C=O) groups excluding carboxylic acids is 2. The summed E-state index contributed by atoms with van der Waals surface area (Å²) < 4.78 is 65.5. The zero-order chi connectivity index (χ0) is 45.9. The monoisotopic (exact) mass is 916 g/mol. The maximum absolute atomic E-state index is 12.2. The van der Waals surface area contributed by atoms with Crippen molar-refractivity contribution in [1.82, 2.24) is 0 Å². The Morgan fingerprint density at radius 2 is 0.656 bits per heavy atom. The number of nitrogens with one attached hydrogen (secondary N) is 1. The van der Waals surface area contributed by atoms with Gasteiger partial charge in [0.25, 0.3) is 0 Å². The minimum absolute atomic E-state index is 0.136. The van der Waals surface area contributed by atoms with Crippen molar-refractivity contribution in [2.75, 3.05) is 157 Å². The van der Waals surface area contributed by atoms with Crippen LogP contribution in [0.5, 0.6) is 0 Å². The van der Waals surface area contributed by atoms with Gasteiger partial charge in [-0.25, -0.2) is 4.79 Å². The number of benzene rings is 1. The van der Waals surface area contributed by atoms with Gasteiger partial charge < -0.3 is 62.2 Å². The van der Waals surface area contributed by atoms with Crippen molar-refractivity contribution < 1.29 is 66.4 Å². The van der Waals surface area contributed by atoms with E-state index < -0.39 is 0 Å². The maximum atomic E-state index is 12.2. The molecule has 0 aliphatic heterocycles. The van der Waals surface area contributed by atoms with Crippen LogP contribution in [0.1, 0.15) is 127 Å². The first-order valence-corrected chi connectivity index (χ1v) is 24.6. The van der Waals surface area contributed by atoms with Gasteiger partial charge in [-0.2, -0.15) is 0 Å². The third-order valence-electron chi connectivity index (χ3n) is 9.76. The van der Waals surface area contributed by atoms with Crippen LogP contribution < -0.4 is 5.32 Å². The minimum atomic E-state index is -0.363. The molecule has 0 saturated carbocycles. The predicted molar refractivity (Wildman–Crippen MR) is 250 cm³/mol. The number of ether oxygens (including phenoxy) is 12. The lowest BCUT2D eigenvalue weighted by molar-refractivity contribution is -0.145. The highest BCUT2D eigenvalue weighted by Crippen LogP contribution is 2.14. The molecule has 0 unspecified atom stereocenters. The predicted octanol–water partition coefficient (Wildman–Crippen LogP) is 8.25. The fraction of sp³-hybridized carbons (Fsp3) is 0.837. The van der Waals surface area contributed by atoms with Crippen molar-refractivity contribution in [3.05, 3.63) is 29.8 Å². The smallest absolute Gasteiger partial charge is 0.338 e. The van der Waals surface area contributed by atoms with Gasteiger partial charge in [0.15, 0.2) is 0 Å². The highest BCUT2D eigenvalue weighted by Gasteiger charge is 2.07. The molecule has 0 aliphatic carbocycles. The second kappa shape index (κ2) is 50.0. The maximum Gasteiger partial charge on any atom is 0.338 e. The summed E-state index contributed by atoms with van der Waals surface area (Å²) in [6, 6.07) is 7.29. The third-order valence-corrected chi connectivity index (χ3v) is 9.76. The average Bonchev–Trinajstić information content (AvgIpc) is 3.30. The zero-order valence-corrected chi connectivity index (χ0v) is 40.1. The molecule has 0 amide bonds. The van der Waals surface area contributed by atoms with Gasteiger partial charge in [-0.15, -0.1) is 0 Å². The molecule has 15 nitrogen and oxygen atoms in total. The molecule has 0 atom stereocenters. The first-order valence-electron chi connectivity index (χ1n) is 24.6. The molecular formula is C49H89NO14. The summed E-state index contributed by atoms with van der Waals surface area (Å²) in [6.07, 6.45) is 19.5. The summed E-state index contributed by atoms with van der Waals surface area (Å²) in [4.78, 5) is 24.1. The zero-order valence-electron chi connectivity index (χ0n) is 40.1. The molecule has 1 rings (SSSR count). The number of esters is 2. The van der Waals surface area contributed by atoms with E-state index in [0.29, 0.717) is 144 Å². The molecule has 0 heterocycles. The molecule has 1 N–H and O–H groups in total. The summed E-state index contributed by atoms with van der Waals surface area (Å²) in [6.45, 7) is 15.0. The Balaban J connectivity index is 1.67. The summed E-state index contributed by atoms with van der Waals surface area (Å²) >= 11 is 0. The van der Waals surface area contributed by atoms with Crippen molar-refractivity contribution in [1.29, 1.82) is 0 Å². The Kier molecular flexibility index (Phi) is 46.5. The quantitative estimate of drug-likeness (QED) is 0.0492. The largest absolute Gasteiger partial charge is 0.463 e. The van der Waals surface area contributed by atoms with Crippen LogP contribution in [0.4, 0.5) is 5.69 Å². The molecule has 15 heteroatoms. The third kappa shape index (κ3) is 43.5. The summed E-state index contributed by atoms with van der Waals surface area (Å²) in [5.41, 5.74) is 1.51. The first-order chi connectivity index (χ1) is 31.7. The Labute approximate surface area is 386 Å². The van der Waals surface area contributed by atoms with Gasteiger partial charge in [-0.3, -0.25) is 4.79 Å². The lowest BCUT2D eigenvalue weighted by Gasteiger charge is -2.09. The Morgan fingerprint density at radius 3 is 1.00 bits per heavy atom. The van der Waals surface area contributed by atoms with Crippen LogP contribution in [-0.2, 0) is 61.6 Å². The van der Waals surface area contributed by atoms with Crippen molar-refractivity contribution >= 4 is 17.6 Å². The van der Waals surface area contributed by atoms with Gasteiger partial charge in [0.05, 0.1) is 138 Å². The van der Waals surface area contributed by atoms with Crippen LogP contribution in [0.15, 0.2) is 24.3 Å². The van der Waals surface area contributed by atoms with Gasteiger partial charge in [0, 0.05) is 18.7 Å². The first kappa shape index (κ1) is 59.6. The number of hydrogen-bond donors (Lipinski definition) is 1. The lowest BCUT2D eigenvalue weighted by atomic mass is 10.0. The highest BCUT2D eigenvalue weighted by molar-refractivity contribution is 5.89. The fourth-order valence-electron chi connectivity index (χ4n) is 6.07. The van der Waals surface area contributed by atoms with Gasteiger partial charge in [0.2, 0.25) is 0 Å². The van der Waals surface area contributed by atoms with Gasteiger partial charge in [-0.1, -0.05) is 97.3 Å². The summed E-state index contributed by atoms with van der Waals surface area (Å²) in [7, 11) is 0. The van der Waals surface area contributed by atoms with E-state index >= 15 is 0 Å². The van der Waals surface area contributed by atoms with Crippen molar-refractivity contribution in [3.8, 4) is 0 Å². The van der Waals surface area contributed by atoms with E-state index in [-0.39, 0.29) is 25.2 Å². The molecule has 0 bridgehead atoms. The Bertz CT molecular complexity index is 1120. The molecule has 0 fully saturated rings. The Morgan fingerprint density at radius 1 is 0.359 bits per heavy atom. The summed E-state index contributed by atoms with van der Waals surface area (Å²) in [5.74, 6) is -0.500. The molecule has 0 radical (unpaired) electrons. The van der Waals surface area contributed by atoms with Crippen LogP contribution >= 0.6 is 0 Å². The average molecular weight is 916 g/mol. The number of carbonyl (C=O) groups is 2. The molecule has 0 aliphatic rings. The van der Waals surface area contributed by atoms with Gasteiger partial charge in [0.1, 0.15) is 13.2 Å². The fourth-order valence-corrected chi connectivity index (χ4v) is 6.07. The van der Waals surface area contributed by atoms with Crippen LogP contribution in [0.25, 0.3) is 0 Å². The molecule has 0 spiro atoms. The van der Waals surface area contributed by atoms with Crippen LogP contribution in [0.2, 0.25) is 0 Å². The van der Waals surface area contributed by atoms with Crippen molar-refractivity contribution in [2.24, 2.45) is 0 Å². The van der Waals surface area contributed by atoms with E-state index in [0.717, 1.165) is 37.9 Å². The van der Waals surface area contributed by atoms with Crippen molar-refractivity contribution in [3.63, 3.8) is 0 Å². The van der Waals surface area contributed by atoms with Crippen LogP contribution in [0.3, 0.4) is 0 Å². The van der Waals surface area contributed by atoms with Crippen LogP contribution in [0, 0.1) is 0 Å². The SMILES string of the molecule is CCCCCCCCCCCCCCCC(=O)OCCOCCOCCOCCOCCOCCOCCOCCOCCOCCOCCOC(=O)c1ccc(NCCCC)cc1. The van der Waals surface area contributed by atoms with Gasteiger partial charge >= 0.3 is 11.9 Å². The lowest BCUT2D eigenvalue weighted by Crippen LogP contribution is -2.16.